The maximum Gasteiger partial charge on any atom is 0.212 e. The van der Waals surface area contributed by atoms with E-state index in [1.165, 1.54) is 11.1 Å². The highest BCUT2D eigenvalue weighted by Gasteiger charge is 2.62. The van der Waals surface area contributed by atoms with Gasteiger partial charge < -0.3 is 24.8 Å². The quantitative estimate of drug-likeness (QED) is 0.203. The number of thiocarbonyl (C=S) groups is 1. The lowest BCUT2D eigenvalue weighted by Crippen LogP contribution is -2.74. The Bertz CT molecular complexity index is 1900. The number of hydrogen-bond donors (Lipinski definition) is 2. The zero-order valence-electron chi connectivity index (χ0n) is 23.9. The molecule has 0 radical (unpaired) electrons. The summed E-state index contributed by atoms with van der Waals surface area (Å²) in [6.07, 6.45) is 1.89. The Labute approximate surface area is 261 Å². The number of rotatable bonds is 2. The molecule has 6 atom stereocenters. The molecule has 7 nitrogen and oxygen atoms in total. The minimum atomic E-state index is -0.829. The fourth-order valence-corrected chi connectivity index (χ4v) is 8.11. The molecule has 4 aromatic rings. The van der Waals surface area contributed by atoms with Crippen molar-refractivity contribution >= 4 is 17.3 Å². The Kier molecular flexibility index (Phi) is 6.04. The van der Waals surface area contributed by atoms with Gasteiger partial charge >= 0.3 is 0 Å². The average Bonchev–Trinajstić information content (AvgIpc) is 3.05. The number of nitrogens with zero attached hydrogens (tertiary/aromatic N) is 2. The second-order valence-electron chi connectivity index (χ2n) is 12.1. The van der Waals surface area contributed by atoms with E-state index in [9.17, 15) is 10.5 Å². The monoisotopic (exact) mass is 596 g/mol. The van der Waals surface area contributed by atoms with E-state index in [0.29, 0.717) is 39.8 Å². The number of nitriles is 2. The molecule has 0 amide bonds. The van der Waals surface area contributed by atoms with Crippen LogP contribution in [0.1, 0.15) is 59.5 Å². The van der Waals surface area contributed by atoms with Crippen LogP contribution in [0.5, 0.6) is 28.7 Å². The van der Waals surface area contributed by atoms with Crippen molar-refractivity contribution < 1.29 is 14.2 Å². The van der Waals surface area contributed by atoms with Gasteiger partial charge in [-0.05, 0) is 48.2 Å². The van der Waals surface area contributed by atoms with Crippen molar-refractivity contribution in [1.29, 1.82) is 10.5 Å². The summed E-state index contributed by atoms with van der Waals surface area (Å²) in [6, 6.07) is 32.2. The summed E-state index contributed by atoms with van der Waals surface area (Å²) in [5, 5.41) is 27.1. The van der Waals surface area contributed by atoms with Crippen molar-refractivity contribution in [2.24, 2.45) is 17.8 Å². The van der Waals surface area contributed by atoms with Gasteiger partial charge in [0.05, 0.1) is 17.2 Å². The number of ether oxygens (including phenoxy) is 3. The number of nitrogens with one attached hydrogen (secondary N) is 2. The van der Waals surface area contributed by atoms with Crippen LogP contribution >= 0.6 is 12.2 Å². The highest BCUT2D eigenvalue weighted by atomic mass is 32.1. The summed E-state index contributed by atoms with van der Waals surface area (Å²) >= 11 is 5.91. The van der Waals surface area contributed by atoms with Crippen molar-refractivity contribution in [3.63, 3.8) is 0 Å². The molecule has 44 heavy (non-hydrogen) atoms. The smallest absolute Gasteiger partial charge is 0.212 e. The van der Waals surface area contributed by atoms with Gasteiger partial charge in [0.25, 0.3) is 0 Å². The van der Waals surface area contributed by atoms with E-state index in [0.717, 1.165) is 18.4 Å². The largest absolute Gasteiger partial charge is 0.463 e. The van der Waals surface area contributed by atoms with Gasteiger partial charge in [-0.25, -0.2) is 0 Å². The first-order valence-electron chi connectivity index (χ1n) is 14.9. The van der Waals surface area contributed by atoms with Crippen LogP contribution in [-0.4, -0.2) is 10.8 Å². The Morgan fingerprint density at radius 2 is 1.41 bits per heavy atom. The topological polar surface area (TPSA) is 99.3 Å². The van der Waals surface area contributed by atoms with E-state index < -0.39 is 5.72 Å². The van der Waals surface area contributed by atoms with E-state index >= 15 is 0 Å². The van der Waals surface area contributed by atoms with Crippen LogP contribution in [0.25, 0.3) is 0 Å². The Morgan fingerprint density at radius 1 is 0.773 bits per heavy atom. The summed E-state index contributed by atoms with van der Waals surface area (Å²) in [6.45, 7) is 2.33. The summed E-state index contributed by atoms with van der Waals surface area (Å²) in [7, 11) is 0. The first-order chi connectivity index (χ1) is 21.5. The van der Waals surface area contributed by atoms with Gasteiger partial charge in [-0.15, -0.1) is 0 Å². The molecule has 3 aliphatic heterocycles. The van der Waals surface area contributed by atoms with Crippen molar-refractivity contribution in [2.75, 3.05) is 0 Å². The molecule has 0 unspecified atom stereocenters. The van der Waals surface area contributed by atoms with Gasteiger partial charge in [-0.2, -0.15) is 10.5 Å². The SMILES string of the molecule is C[C@@H]1C[C@@H]2[C@H](c3ccccc3)NC(=S)N[C@]23Oc2c(ccc4c2Oc2cc(C#N)c(C#N)cc2O4)[C@H](c2ccccc2)[C@@H]3C1. The Hall–Kier alpha value is -5.05. The lowest BCUT2D eigenvalue weighted by atomic mass is 9.58. The highest BCUT2D eigenvalue weighted by molar-refractivity contribution is 7.80. The Balaban J connectivity index is 1.33. The molecule has 1 aliphatic carbocycles. The molecule has 0 aromatic heterocycles. The van der Waals surface area contributed by atoms with E-state index in [2.05, 4.69) is 84.3 Å². The first-order valence-corrected chi connectivity index (χ1v) is 15.3. The normalized spacial score (nSPS) is 27.3. The Morgan fingerprint density at radius 3 is 2.09 bits per heavy atom. The van der Waals surface area contributed by atoms with Gasteiger partial charge in [0.1, 0.15) is 12.1 Å². The number of hydrogen-bond acceptors (Lipinski definition) is 6. The zero-order chi connectivity index (χ0) is 30.0. The molecule has 1 saturated heterocycles. The van der Waals surface area contributed by atoms with Crippen molar-refractivity contribution in [1.82, 2.24) is 10.6 Å². The van der Waals surface area contributed by atoms with Crippen LogP contribution in [0.4, 0.5) is 0 Å². The third kappa shape index (κ3) is 3.95. The van der Waals surface area contributed by atoms with Crippen molar-refractivity contribution in [3.05, 3.63) is 113 Å². The van der Waals surface area contributed by atoms with Crippen molar-refractivity contribution in [2.45, 2.75) is 37.5 Å². The van der Waals surface area contributed by atoms with E-state index in [1.54, 1.807) is 12.1 Å². The lowest BCUT2D eigenvalue weighted by Gasteiger charge is -2.60. The van der Waals surface area contributed by atoms with Gasteiger partial charge in [0, 0.05) is 35.4 Å². The van der Waals surface area contributed by atoms with Crippen LogP contribution < -0.4 is 24.8 Å². The van der Waals surface area contributed by atoms with Gasteiger partial charge in [-0.3, -0.25) is 0 Å². The first kappa shape index (κ1) is 26.6. The van der Waals surface area contributed by atoms with Gasteiger partial charge in [-0.1, -0.05) is 73.7 Å². The molecule has 2 N–H and O–H groups in total. The maximum atomic E-state index is 9.67. The molecular weight excluding hydrogens is 568 g/mol. The summed E-state index contributed by atoms with van der Waals surface area (Å²) < 4.78 is 20.1. The second kappa shape index (κ2) is 10.0. The highest BCUT2D eigenvalue weighted by Crippen LogP contribution is 2.63. The molecule has 8 heteroatoms. The third-order valence-corrected chi connectivity index (χ3v) is 9.82. The molecule has 0 bridgehead atoms. The third-order valence-electron chi connectivity index (χ3n) is 9.60. The molecule has 216 valence electrons. The van der Waals surface area contributed by atoms with Crippen LogP contribution in [-0.2, 0) is 0 Å². The van der Waals surface area contributed by atoms with Gasteiger partial charge in [0.15, 0.2) is 33.8 Å². The van der Waals surface area contributed by atoms with Gasteiger partial charge in [0.2, 0.25) is 5.75 Å². The summed E-state index contributed by atoms with van der Waals surface area (Å²) in [5.41, 5.74) is 3.00. The predicted octanol–water partition coefficient (Wildman–Crippen LogP) is 7.43. The fraction of sp³-hybridized carbons (Fsp3) is 0.250. The lowest BCUT2D eigenvalue weighted by molar-refractivity contribution is -0.133. The minimum absolute atomic E-state index is 0.0130. The molecule has 4 aromatic carbocycles. The zero-order valence-corrected chi connectivity index (χ0v) is 24.7. The molecule has 8 rings (SSSR count). The molecular formula is C36H28N4O3S. The standard InChI is InChI=1S/C36H28N4O3S/c1-20-14-26-31(21-8-4-2-5-9-21)25-12-13-28-34(42-30-17-24(19-38)23(18-37)16-29(30)41-28)33(25)43-36(26)27(15-20)32(39-35(44)40-36)22-10-6-3-7-11-22/h2-13,16-17,20,26-27,31-32H,14-15H2,1H3,(H2,39,40,44)/t20-,26-,27+,31-,32-,36+/m0/s1. The predicted molar refractivity (Wildman–Crippen MR) is 168 cm³/mol. The van der Waals surface area contributed by atoms with E-state index in [-0.39, 0.29) is 34.9 Å². The van der Waals surface area contributed by atoms with Crippen LogP contribution in [0.2, 0.25) is 0 Å². The fourth-order valence-electron chi connectivity index (χ4n) is 7.83. The molecule has 2 fully saturated rings. The van der Waals surface area contributed by atoms with Crippen LogP contribution in [0.3, 0.4) is 0 Å². The number of fused-ring (bicyclic) bond motifs is 4. The summed E-state index contributed by atoms with van der Waals surface area (Å²) in [4.78, 5) is 0. The van der Waals surface area contributed by atoms with E-state index in [4.69, 9.17) is 26.4 Å². The molecule has 3 heterocycles. The number of benzene rings is 4. The van der Waals surface area contributed by atoms with Crippen LogP contribution in [0.15, 0.2) is 84.9 Å². The molecule has 4 aliphatic rings. The second-order valence-corrected chi connectivity index (χ2v) is 12.6. The van der Waals surface area contributed by atoms with Crippen LogP contribution in [0, 0.1) is 40.4 Å². The average molecular weight is 597 g/mol. The van der Waals surface area contributed by atoms with E-state index in [1.807, 2.05) is 18.2 Å². The maximum absolute atomic E-state index is 9.67. The molecule has 1 spiro atoms. The molecule has 1 saturated carbocycles. The summed E-state index contributed by atoms with van der Waals surface area (Å²) in [5.74, 6) is 2.85. The van der Waals surface area contributed by atoms with Crippen molar-refractivity contribution in [3.8, 4) is 40.9 Å². The minimum Gasteiger partial charge on any atom is -0.463 e.